The van der Waals surface area contributed by atoms with Crippen LogP contribution in [0.4, 0.5) is 0 Å². The minimum absolute atomic E-state index is 0.0274. The molecule has 3 N–H and O–H groups in total. The predicted molar refractivity (Wildman–Crippen MR) is 87.5 cm³/mol. The fourth-order valence-electron chi connectivity index (χ4n) is 1.92. The van der Waals surface area contributed by atoms with E-state index in [1.54, 1.807) is 18.2 Å². The van der Waals surface area contributed by atoms with Gasteiger partial charge in [0, 0.05) is 23.6 Å². The van der Waals surface area contributed by atoms with Crippen LogP contribution in [0.5, 0.6) is 0 Å². The monoisotopic (exact) mass is 340 g/mol. The SMILES string of the molecule is CCCCNC(=O)[C@@H](CCC(=O)O)NC(=O)c1cccc(Cl)c1. The number of carboxylic acids is 1. The van der Waals surface area contributed by atoms with Crippen LogP contribution in [0.1, 0.15) is 43.0 Å². The summed E-state index contributed by atoms with van der Waals surface area (Å²) in [5.74, 6) is -1.86. The molecule has 0 heterocycles. The second kappa shape index (κ2) is 9.84. The molecule has 0 unspecified atom stereocenters. The Labute approximate surface area is 140 Å². The second-order valence-electron chi connectivity index (χ2n) is 5.11. The Morgan fingerprint density at radius 1 is 1.30 bits per heavy atom. The van der Waals surface area contributed by atoms with Gasteiger partial charge >= 0.3 is 5.97 Å². The van der Waals surface area contributed by atoms with Gasteiger partial charge in [-0.2, -0.15) is 0 Å². The smallest absolute Gasteiger partial charge is 0.303 e. The molecule has 0 aliphatic heterocycles. The standard InChI is InChI=1S/C16H21ClN2O4/c1-2-3-9-18-16(23)13(7-8-14(20)21)19-15(22)11-5-4-6-12(17)10-11/h4-6,10,13H,2-3,7-9H2,1H3,(H,18,23)(H,19,22)(H,20,21)/t13-/m1/s1. The molecule has 0 bridgehead atoms. The number of halogens is 1. The van der Waals surface area contributed by atoms with E-state index in [0.29, 0.717) is 17.1 Å². The van der Waals surface area contributed by atoms with Crippen LogP contribution in [0.2, 0.25) is 5.02 Å². The van der Waals surface area contributed by atoms with Crippen LogP contribution in [0.3, 0.4) is 0 Å². The Hall–Kier alpha value is -2.08. The van der Waals surface area contributed by atoms with Crippen LogP contribution in [-0.4, -0.2) is 35.5 Å². The highest BCUT2D eigenvalue weighted by Crippen LogP contribution is 2.11. The highest BCUT2D eigenvalue weighted by molar-refractivity contribution is 6.31. The largest absolute Gasteiger partial charge is 0.481 e. The average Bonchev–Trinajstić information content (AvgIpc) is 2.51. The number of unbranched alkanes of at least 4 members (excludes halogenated alkanes) is 1. The Morgan fingerprint density at radius 3 is 2.65 bits per heavy atom. The van der Waals surface area contributed by atoms with E-state index in [-0.39, 0.29) is 18.7 Å². The molecule has 0 aliphatic rings. The molecule has 0 fully saturated rings. The van der Waals surface area contributed by atoms with Crippen LogP contribution in [0, 0.1) is 0 Å². The van der Waals surface area contributed by atoms with Crippen LogP contribution in [0.25, 0.3) is 0 Å². The zero-order valence-electron chi connectivity index (χ0n) is 13.0. The molecule has 0 aliphatic carbocycles. The van der Waals surface area contributed by atoms with Crippen molar-refractivity contribution in [1.29, 1.82) is 0 Å². The third-order valence-corrected chi connectivity index (χ3v) is 3.42. The maximum absolute atomic E-state index is 12.2. The van der Waals surface area contributed by atoms with E-state index in [1.807, 2.05) is 6.92 Å². The first-order valence-electron chi connectivity index (χ1n) is 7.50. The molecule has 7 heteroatoms. The lowest BCUT2D eigenvalue weighted by atomic mass is 10.1. The molecule has 23 heavy (non-hydrogen) atoms. The van der Waals surface area contributed by atoms with Crippen molar-refractivity contribution >= 4 is 29.4 Å². The van der Waals surface area contributed by atoms with Crippen molar-refractivity contribution in [2.75, 3.05) is 6.54 Å². The van der Waals surface area contributed by atoms with Gasteiger partial charge < -0.3 is 15.7 Å². The van der Waals surface area contributed by atoms with Crippen LogP contribution >= 0.6 is 11.6 Å². The fourth-order valence-corrected chi connectivity index (χ4v) is 2.11. The van der Waals surface area contributed by atoms with E-state index in [2.05, 4.69) is 10.6 Å². The number of aliphatic carboxylic acids is 1. The Bertz CT molecular complexity index is 563. The van der Waals surface area contributed by atoms with Crippen molar-refractivity contribution in [3.05, 3.63) is 34.9 Å². The summed E-state index contributed by atoms with van der Waals surface area (Å²) >= 11 is 5.84. The molecule has 0 saturated carbocycles. The normalized spacial score (nSPS) is 11.6. The molecule has 6 nitrogen and oxygen atoms in total. The maximum Gasteiger partial charge on any atom is 0.303 e. The van der Waals surface area contributed by atoms with Gasteiger partial charge in [-0.05, 0) is 31.0 Å². The van der Waals surface area contributed by atoms with E-state index in [9.17, 15) is 14.4 Å². The van der Waals surface area contributed by atoms with E-state index >= 15 is 0 Å². The molecule has 2 amide bonds. The second-order valence-corrected chi connectivity index (χ2v) is 5.55. The molecule has 0 spiro atoms. The summed E-state index contributed by atoms with van der Waals surface area (Å²) in [5, 5.41) is 14.5. The molecule has 1 aromatic rings. The summed E-state index contributed by atoms with van der Waals surface area (Å²) in [5.41, 5.74) is 0.319. The van der Waals surface area contributed by atoms with Gasteiger partial charge in [-0.1, -0.05) is 31.0 Å². The molecule has 1 aromatic carbocycles. The van der Waals surface area contributed by atoms with Crippen molar-refractivity contribution < 1.29 is 19.5 Å². The van der Waals surface area contributed by atoms with Crippen molar-refractivity contribution in [3.63, 3.8) is 0 Å². The first kappa shape index (κ1) is 19.0. The summed E-state index contributed by atoms with van der Waals surface area (Å²) < 4.78 is 0. The van der Waals surface area contributed by atoms with Crippen molar-refractivity contribution in [3.8, 4) is 0 Å². The predicted octanol–water partition coefficient (Wildman–Crippen LogP) is 2.22. The van der Waals surface area contributed by atoms with Gasteiger partial charge in [0.15, 0.2) is 0 Å². The number of amides is 2. The minimum atomic E-state index is -1.02. The van der Waals surface area contributed by atoms with Crippen molar-refractivity contribution in [2.24, 2.45) is 0 Å². The van der Waals surface area contributed by atoms with E-state index < -0.39 is 17.9 Å². The molecular formula is C16H21ClN2O4. The third kappa shape index (κ3) is 7.15. The number of carbonyl (C=O) groups is 3. The third-order valence-electron chi connectivity index (χ3n) is 3.19. The highest BCUT2D eigenvalue weighted by Gasteiger charge is 2.22. The number of hydrogen-bond acceptors (Lipinski definition) is 3. The molecule has 0 aromatic heterocycles. The summed E-state index contributed by atoms with van der Waals surface area (Å²) in [7, 11) is 0. The zero-order chi connectivity index (χ0) is 17.2. The first-order chi connectivity index (χ1) is 10.9. The van der Waals surface area contributed by atoms with Gasteiger partial charge in [0.25, 0.3) is 5.91 Å². The van der Waals surface area contributed by atoms with Gasteiger partial charge in [0.1, 0.15) is 6.04 Å². The van der Waals surface area contributed by atoms with Crippen molar-refractivity contribution in [1.82, 2.24) is 10.6 Å². The number of nitrogens with one attached hydrogen (secondary N) is 2. The van der Waals surface area contributed by atoms with Gasteiger partial charge in [-0.25, -0.2) is 0 Å². The Balaban J connectivity index is 2.72. The van der Waals surface area contributed by atoms with Crippen LogP contribution in [-0.2, 0) is 9.59 Å². The number of hydrogen-bond donors (Lipinski definition) is 3. The maximum atomic E-state index is 12.2. The summed E-state index contributed by atoms with van der Waals surface area (Å²) in [6, 6.07) is 5.43. The number of carboxylic acid groups (broad SMARTS) is 1. The van der Waals surface area contributed by atoms with E-state index in [4.69, 9.17) is 16.7 Å². The minimum Gasteiger partial charge on any atom is -0.481 e. The van der Waals surface area contributed by atoms with E-state index in [1.165, 1.54) is 6.07 Å². The van der Waals surface area contributed by atoms with Gasteiger partial charge in [0.2, 0.25) is 5.91 Å². The topological polar surface area (TPSA) is 95.5 Å². The number of benzene rings is 1. The molecule has 0 saturated heterocycles. The first-order valence-corrected chi connectivity index (χ1v) is 7.87. The van der Waals surface area contributed by atoms with Crippen molar-refractivity contribution in [2.45, 2.75) is 38.6 Å². The number of carbonyl (C=O) groups excluding carboxylic acids is 2. The van der Waals surface area contributed by atoms with E-state index in [0.717, 1.165) is 12.8 Å². The zero-order valence-corrected chi connectivity index (χ0v) is 13.7. The fraction of sp³-hybridized carbons (Fsp3) is 0.438. The summed E-state index contributed by atoms with van der Waals surface area (Å²) in [6.45, 7) is 2.49. The van der Waals surface area contributed by atoms with Crippen LogP contribution in [0.15, 0.2) is 24.3 Å². The summed E-state index contributed by atoms with van der Waals surface area (Å²) in [6.07, 6.45) is 1.57. The Morgan fingerprint density at radius 2 is 2.04 bits per heavy atom. The molecule has 1 atom stereocenters. The Kier molecular flexibility index (Phi) is 8.11. The highest BCUT2D eigenvalue weighted by atomic mass is 35.5. The number of rotatable bonds is 9. The molecule has 1 rings (SSSR count). The lowest BCUT2D eigenvalue weighted by molar-refractivity contribution is -0.137. The lowest BCUT2D eigenvalue weighted by Crippen LogP contribution is -2.47. The van der Waals surface area contributed by atoms with Gasteiger partial charge in [-0.15, -0.1) is 0 Å². The molecular weight excluding hydrogens is 320 g/mol. The average molecular weight is 341 g/mol. The van der Waals surface area contributed by atoms with Gasteiger partial charge in [-0.3, -0.25) is 14.4 Å². The molecule has 126 valence electrons. The van der Waals surface area contributed by atoms with Crippen LogP contribution < -0.4 is 10.6 Å². The molecule has 0 radical (unpaired) electrons. The quantitative estimate of drug-likeness (QED) is 0.601. The summed E-state index contributed by atoms with van der Waals surface area (Å²) in [4.78, 5) is 35.0. The lowest BCUT2D eigenvalue weighted by Gasteiger charge is -2.18. The van der Waals surface area contributed by atoms with Gasteiger partial charge in [0.05, 0.1) is 0 Å².